The lowest BCUT2D eigenvalue weighted by atomic mass is 9.99. The van der Waals surface area contributed by atoms with Crippen LogP contribution in [0.1, 0.15) is 16.9 Å². The number of hydrogen-bond acceptors (Lipinski definition) is 6. The highest BCUT2D eigenvalue weighted by Gasteiger charge is 2.12. The fourth-order valence-corrected chi connectivity index (χ4v) is 4.81. The van der Waals surface area contributed by atoms with Crippen molar-refractivity contribution in [3.63, 3.8) is 0 Å². The van der Waals surface area contributed by atoms with Crippen LogP contribution in [-0.2, 0) is 6.42 Å². The molecule has 158 valence electrons. The molecule has 0 amide bonds. The molecule has 0 bridgehead atoms. The molecule has 0 fully saturated rings. The van der Waals surface area contributed by atoms with E-state index >= 15 is 0 Å². The van der Waals surface area contributed by atoms with Gasteiger partial charge < -0.3 is 20.9 Å². The highest BCUT2D eigenvalue weighted by atomic mass is 79.9. The maximum absolute atomic E-state index is 4.66. The van der Waals surface area contributed by atoms with E-state index in [1.165, 1.54) is 21.4 Å². The third-order valence-electron chi connectivity index (χ3n) is 5.34. The van der Waals surface area contributed by atoms with Gasteiger partial charge in [0.05, 0.1) is 4.47 Å². The van der Waals surface area contributed by atoms with Crippen molar-refractivity contribution >= 4 is 61.2 Å². The Morgan fingerprint density at radius 3 is 3.03 bits per heavy atom. The Labute approximate surface area is 193 Å². The Morgan fingerprint density at radius 2 is 2.19 bits per heavy atom. The number of nitrogens with one attached hydrogen (secondary N) is 4. The summed E-state index contributed by atoms with van der Waals surface area (Å²) in [6.45, 7) is 2.76. The van der Waals surface area contributed by atoms with Crippen LogP contribution >= 0.6 is 27.3 Å². The van der Waals surface area contributed by atoms with Crippen LogP contribution in [0.5, 0.6) is 0 Å². The molecule has 1 aliphatic rings. The zero-order valence-electron chi connectivity index (χ0n) is 16.9. The lowest BCUT2D eigenvalue weighted by Crippen LogP contribution is -2.19. The van der Waals surface area contributed by atoms with E-state index in [0.717, 1.165) is 54.0 Å². The third-order valence-corrected chi connectivity index (χ3v) is 6.85. The molecule has 0 saturated carbocycles. The number of anilines is 3. The second-order valence-electron chi connectivity index (χ2n) is 7.42. The molecule has 0 unspecified atom stereocenters. The number of aromatic amines is 1. The number of rotatable bonds is 7. The first-order valence-corrected chi connectivity index (χ1v) is 12.0. The summed E-state index contributed by atoms with van der Waals surface area (Å²) in [6, 6.07) is 10.5. The highest BCUT2D eigenvalue weighted by molar-refractivity contribution is 9.10. The van der Waals surface area contributed by atoms with Crippen molar-refractivity contribution in [3.8, 4) is 0 Å². The molecule has 0 saturated heterocycles. The number of H-pyrrole nitrogens is 1. The second-order valence-corrected chi connectivity index (χ2v) is 9.30. The van der Waals surface area contributed by atoms with Crippen LogP contribution in [0.4, 0.5) is 17.5 Å². The average Bonchev–Trinajstić information content (AvgIpc) is 3.46. The molecule has 0 radical (unpaired) electrons. The summed E-state index contributed by atoms with van der Waals surface area (Å²) in [5, 5.41) is 13.5. The number of aromatic nitrogens is 3. The normalized spacial score (nSPS) is 13.9. The lowest BCUT2D eigenvalue weighted by Gasteiger charge is -2.14. The zero-order chi connectivity index (χ0) is 21.0. The molecule has 3 aromatic heterocycles. The molecule has 0 aliphatic carbocycles. The molecule has 1 aliphatic heterocycles. The molecule has 4 N–H and O–H groups in total. The van der Waals surface area contributed by atoms with Crippen molar-refractivity contribution in [1.29, 1.82) is 0 Å². The molecule has 0 atom stereocenters. The van der Waals surface area contributed by atoms with E-state index < -0.39 is 0 Å². The van der Waals surface area contributed by atoms with Crippen molar-refractivity contribution < 1.29 is 0 Å². The van der Waals surface area contributed by atoms with Gasteiger partial charge in [-0.05, 0) is 70.5 Å². The van der Waals surface area contributed by atoms with E-state index in [9.17, 15) is 0 Å². The second kappa shape index (κ2) is 9.21. The van der Waals surface area contributed by atoms with Crippen LogP contribution in [-0.4, -0.2) is 34.6 Å². The average molecular weight is 495 g/mol. The standard InChI is InChI=1S/C23H23BrN6S/c24-20-14-28-23(30-22(20)26-10-7-17-2-1-11-31-17)29-16-3-4-21-18(12-16)19(13-27-21)15-5-8-25-9-6-15/h1-5,11-14,25,27H,6-10H2,(H2,26,28,29,30). The smallest absolute Gasteiger partial charge is 0.229 e. The van der Waals surface area contributed by atoms with Crippen molar-refractivity contribution in [3.05, 3.63) is 69.1 Å². The molecule has 8 heteroatoms. The number of hydrogen-bond donors (Lipinski definition) is 4. The molecular weight excluding hydrogens is 472 g/mol. The predicted molar refractivity (Wildman–Crippen MR) is 133 cm³/mol. The topological polar surface area (TPSA) is 77.7 Å². The molecule has 4 heterocycles. The van der Waals surface area contributed by atoms with Crippen molar-refractivity contribution in [2.24, 2.45) is 0 Å². The van der Waals surface area contributed by atoms with E-state index in [-0.39, 0.29) is 0 Å². The minimum atomic E-state index is 0.569. The van der Waals surface area contributed by atoms with Crippen molar-refractivity contribution in [2.75, 3.05) is 30.3 Å². The van der Waals surface area contributed by atoms with Gasteiger partial charge in [0.15, 0.2) is 0 Å². The van der Waals surface area contributed by atoms with Crippen LogP contribution < -0.4 is 16.0 Å². The Hall–Kier alpha value is -2.68. The number of fused-ring (bicyclic) bond motifs is 1. The van der Waals surface area contributed by atoms with Gasteiger partial charge in [-0.15, -0.1) is 11.3 Å². The van der Waals surface area contributed by atoms with Gasteiger partial charge in [0, 0.05) is 52.5 Å². The fourth-order valence-electron chi connectivity index (χ4n) is 3.77. The first-order valence-electron chi connectivity index (χ1n) is 10.3. The summed E-state index contributed by atoms with van der Waals surface area (Å²) in [6.07, 6.45) is 8.18. The quantitative estimate of drug-likeness (QED) is 0.270. The van der Waals surface area contributed by atoms with Crippen LogP contribution in [0.15, 0.2) is 58.7 Å². The van der Waals surface area contributed by atoms with Gasteiger partial charge in [0.2, 0.25) is 5.95 Å². The number of nitrogens with zero attached hydrogens (tertiary/aromatic N) is 2. The molecule has 4 aromatic rings. The molecule has 5 rings (SSSR count). The van der Waals surface area contributed by atoms with E-state index in [2.05, 4.69) is 94.8 Å². The minimum absolute atomic E-state index is 0.569. The van der Waals surface area contributed by atoms with Gasteiger partial charge in [-0.3, -0.25) is 0 Å². The number of benzene rings is 1. The van der Waals surface area contributed by atoms with E-state index in [1.54, 1.807) is 17.5 Å². The molecule has 0 spiro atoms. The van der Waals surface area contributed by atoms with Gasteiger partial charge in [0.1, 0.15) is 5.82 Å². The fraction of sp³-hybridized carbons (Fsp3) is 0.217. The summed E-state index contributed by atoms with van der Waals surface area (Å²) >= 11 is 5.32. The summed E-state index contributed by atoms with van der Waals surface area (Å²) < 4.78 is 0.852. The predicted octanol–water partition coefficient (Wildman–Crippen LogP) is 5.56. The van der Waals surface area contributed by atoms with Gasteiger partial charge in [-0.2, -0.15) is 4.98 Å². The third kappa shape index (κ3) is 4.66. The highest BCUT2D eigenvalue weighted by Crippen LogP contribution is 2.31. The van der Waals surface area contributed by atoms with Crippen LogP contribution in [0.2, 0.25) is 0 Å². The summed E-state index contributed by atoms with van der Waals surface area (Å²) in [4.78, 5) is 13.8. The van der Waals surface area contributed by atoms with Crippen LogP contribution in [0.3, 0.4) is 0 Å². The molecule has 31 heavy (non-hydrogen) atoms. The molecule has 1 aromatic carbocycles. The zero-order valence-corrected chi connectivity index (χ0v) is 19.3. The van der Waals surface area contributed by atoms with E-state index in [0.29, 0.717) is 5.95 Å². The van der Waals surface area contributed by atoms with Crippen molar-refractivity contribution in [2.45, 2.75) is 12.8 Å². The maximum Gasteiger partial charge on any atom is 0.229 e. The van der Waals surface area contributed by atoms with Gasteiger partial charge in [0.25, 0.3) is 0 Å². The first kappa shape index (κ1) is 20.2. The lowest BCUT2D eigenvalue weighted by molar-refractivity contribution is 0.739. The molecule has 6 nitrogen and oxygen atoms in total. The van der Waals surface area contributed by atoms with Crippen LogP contribution in [0.25, 0.3) is 16.5 Å². The van der Waals surface area contributed by atoms with E-state index in [4.69, 9.17) is 0 Å². The SMILES string of the molecule is Brc1cnc(Nc2ccc3[nH]cc(C4=CCNCC4)c3c2)nc1NCCc1cccs1. The summed E-state index contributed by atoms with van der Waals surface area (Å²) in [5.74, 6) is 1.36. The summed E-state index contributed by atoms with van der Waals surface area (Å²) in [5.41, 5.74) is 4.76. The van der Waals surface area contributed by atoms with Crippen LogP contribution in [0, 0.1) is 0 Å². The Morgan fingerprint density at radius 1 is 1.23 bits per heavy atom. The first-order chi connectivity index (χ1) is 15.3. The van der Waals surface area contributed by atoms with Crippen molar-refractivity contribution in [1.82, 2.24) is 20.3 Å². The van der Waals surface area contributed by atoms with E-state index in [1.807, 2.05) is 0 Å². The van der Waals surface area contributed by atoms with Gasteiger partial charge >= 0.3 is 0 Å². The number of halogens is 1. The molecular formula is C23H23BrN6S. The Bertz CT molecular complexity index is 1210. The largest absolute Gasteiger partial charge is 0.369 e. The van der Waals surface area contributed by atoms with Gasteiger partial charge in [-0.1, -0.05) is 12.1 Å². The maximum atomic E-state index is 4.66. The minimum Gasteiger partial charge on any atom is -0.369 e. The Kier molecular flexibility index (Phi) is 6.01. The number of thiophene rings is 1. The summed E-state index contributed by atoms with van der Waals surface area (Å²) in [7, 11) is 0. The van der Waals surface area contributed by atoms with Gasteiger partial charge in [-0.25, -0.2) is 4.98 Å². The Balaban J connectivity index is 1.33. The monoisotopic (exact) mass is 494 g/mol.